The fourth-order valence-corrected chi connectivity index (χ4v) is 3.22. The third-order valence-corrected chi connectivity index (χ3v) is 4.88. The third-order valence-electron chi connectivity index (χ3n) is 4.10. The maximum absolute atomic E-state index is 12.4. The third kappa shape index (κ3) is 3.93. The molecule has 1 aromatic carbocycles. The molecule has 0 saturated carbocycles. The summed E-state index contributed by atoms with van der Waals surface area (Å²) in [5.74, 6) is -0.400. The molecule has 0 spiro atoms. The molecule has 0 radical (unpaired) electrons. The number of nitrogens with one attached hydrogen (secondary N) is 1. The molecule has 0 unspecified atom stereocenters. The van der Waals surface area contributed by atoms with E-state index in [0.29, 0.717) is 16.9 Å². The van der Waals surface area contributed by atoms with Crippen LogP contribution in [0.15, 0.2) is 34.4 Å². The van der Waals surface area contributed by atoms with Crippen LogP contribution in [0.4, 0.5) is 5.69 Å². The van der Waals surface area contributed by atoms with Crippen molar-refractivity contribution in [3.8, 4) is 17.3 Å². The summed E-state index contributed by atoms with van der Waals surface area (Å²) in [6.07, 6.45) is 0. The Labute approximate surface area is 159 Å². The van der Waals surface area contributed by atoms with Crippen molar-refractivity contribution in [2.75, 3.05) is 5.32 Å². The fourth-order valence-electron chi connectivity index (χ4n) is 2.60. The molecule has 0 aliphatic rings. The van der Waals surface area contributed by atoms with Gasteiger partial charge in [-0.3, -0.25) is 9.59 Å². The van der Waals surface area contributed by atoms with Gasteiger partial charge in [0.2, 0.25) is 5.91 Å². The zero-order chi connectivity index (χ0) is 19.6. The lowest BCUT2D eigenvalue weighted by Crippen LogP contribution is -2.32. The molecule has 2 heterocycles. The molecule has 7 nitrogen and oxygen atoms in total. The van der Waals surface area contributed by atoms with Crippen LogP contribution in [-0.2, 0) is 11.3 Å². The number of hydrogen-bond donors (Lipinski definition) is 1. The van der Waals surface area contributed by atoms with Crippen LogP contribution in [0.3, 0.4) is 0 Å². The second kappa shape index (κ2) is 7.51. The van der Waals surface area contributed by atoms with Gasteiger partial charge < -0.3 is 5.32 Å². The predicted molar refractivity (Wildman–Crippen MR) is 104 cm³/mol. The Kier molecular flexibility index (Phi) is 5.14. The van der Waals surface area contributed by atoms with Gasteiger partial charge in [-0.15, -0.1) is 11.3 Å². The quantitative estimate of drug-likeness (QED) is 0.751. The maximum atomic E-state index is 12.4. The molecule has 0 bridgehead atoms. The summed E-state index contributed by atoms with van der Waals surface area (Å²) < 4.78 is 1.02. The van der Waals surface area contributed by atoms with Crippen molar-refractivity contribution in [2.45, 2.75) is 27.3 Å². The van der Waals surface area contributed by atoms with Gasteiger partial charge >= 0.3 is 0 Å². The van der Waals surface area contributed by atoms with E-state index in [2.05, 4.69) is 15.4 Å². The van der Waals surface area contributed by atoms with Gasteiger partial charge in [0, 0.05) is 16.6 Å². The largest absolute Gasteiger partial charge is 0.324 e. The van der Waals surface area contributed by atoms with E-state index in [1.165, 1.54) is 0 Å². The van der Waals surface area contributed by atoms with Crippen LogP contribution in [0.1, 0.15) is 21.8 Å². The second-order valence-electron chi connectivity index (χ2n) is 6.04. The first-order valence-corrected chi connectivity index (χ1v) is 9.08. The Morgan fingerprint density at radius 2 is 2.11 bits per heavy atom. The van der Waals surface area contributed by atoms with E-state index in [-0.39, 0.29) is 12.1 Å². The minimum atomic E-state index is -0.567. The number of benzene rings is 1. The second-order valence-corrected chi connectivity index (χ2v) is 7.10. The molecule has 0 fully saturated rings. The van der Waals surface area contributed by atoms with Gasteiger partial charge in [0.25, 0.3) is 5.56 Å². The molecule has 0 aliphatic heterocycles. The van der Waals surface area contributed by atoms with Crippen LogP contribution in [-0.4, -0.2) is 20.7 Å². The minimum Gasteiger partial charge on any atom is -0.324 e. The normalized spacial score (nSPS) is 10.4. The molecular formula is C19H17N5O2S. The highest BCUT2D eigenvalue weighted by Crippen LogP contribution is 2.24. The van der Waals surface area contributed by atoms with Crippen molar-refractivity contribution in [1.29, 1.82) is 5.26 Å². The number of anilines is 1. The monoisotopic (exact) mass is 379 g/mol. The number of hydrogen-bond acceptors (Lipinski definition) is 6. The predicted octanol–water partition coefficient (Wildman–Crippen LogP) is 2.80. The van der Waals surface area contributed by atoms with Gasteiger partial charge in [-0.25, -0.2) is 9.67 Å². The summed E-state index contributed by atoms with van der Waals surface area (Å²) in [5, 5.41) is 19.0. The first-order valence-electron chi connectivity index (χ1n) is 8.20. The highest BCUT2D eigenvalue weighted by Gasteiger charge is 2.14. The van der Waals surface area contributed by atoms with Crippen molar-refractivity contribution in [3.05, 3.63) is 61.8 Å². The van der Waals surface area contributed by atoms with E-state index in [9.17, 15) is 9.59 Å². The Balaban J connectivity index is 1.80. The van der Waals surface area contributed by atoms with E-state index >= 15 is 0 Å². The van der Waals surface area contributed by atoms with Gasteiger partial charge in [-0.2, -0.15) is 10.4 Å². The number of thiazole rings is 1. The van der Waals surface area contributed by atoms with Crippen LogP contribution in [0.5, 0.6) is 0 Å². The van der Waals surface area contributed by atoms with Crippen LogP contribution >= 0.6 is 11.3 Å². The molecule has 3 rings (SSSR count). The Hall–Kier alpha value is -3.31. The SMILES string of the molecule is Cc1nc(-c2cccc(NC(=O)Cn3nc(C)c(C)c(C#N)c3=O)c2)cs1. The summed E-state index contributed by atoms with van der Waals surface area (Å²) in [6, 6.07) is 9.21. The Morgan fingerprint density at radius 1 is 1.33 bits per heavy atom. The van der Waals surface area contributed by atoms with Gasteiger partial charge in [-0.05, 0) is 38.5 Å². The van der Waals surface area contributed by atoms with E-state index in [4.69, 9.17) is 5.26 Å². The van der Waals surface area contributed by atoms with Crippen molar-refractivity contribution in [3.63, 3.8) is 0 Å². The number of carbonyl (C=O) groups excluding carboxylic acids is 1. The van der Waals surface area contributed by atoms with Crippen LogP contribution in [0.2, 0.25) is 0 Å². The lowest BCUT2D eigenvalue weighted by atomic mass is 10.1. The van der Waals surface area contributed by atoms with E-state index in [0.717, 1.165) is 20.9 Å². The molecule has 0 aliphatic carbocycles. The summed E-state index contributed by atoms with van der Waals surface area (Å²) >= 11 is 1.56. The molecular weight excluding hydrogens is 362 g/mol. The zero-order valence-electron chi connectivity index (χ0n) is 15.1. The topological polar surface area (TPSA) is 101 Å². The first-order chi connectivity index (χ1) is 12.9. The number of nitrogens with zero attached hydrogens (tertiary/aromatic N) is 4. The van der Waals surface area contributed by atoms with Gasteiger partial charge in [0.05, 0.1) is 16.4 Å². The Bertz CT molecular complexity index is 1120. The molecule has 0 atom stereocenters. The number of aryl methyl sites for hydroxylation is 2. The summed E-state index contributed by atoms with van der Waals surface area (Å²) in [4.78, 5) is 29.1. The molecule has 8 heteroatoms. The van der Waals surface area contributed by atoms with Crippen LogP contribution in [0.25, 0.3) is 11.3 Å². The Morgan fingerprint density at radius 3 is 2.78 bits per heavy atom. The lowest BCUT2D eigenvalue weighted by molar-refractivity contribution is -0.117. The zero-order valence-corrected chi connectivity index (χ0v) is 15.9. The number of amides is 1. The fraction of sp³-hybridized carbons (Fsp3) is 0.211. The highest BCUT2D eigenvalue weighted by molar-refractivity contribution is 7.09. The van der Waals surface area contributed by atoms with Crippen molar-refractivity contribution < 1.29 is 4.79 Å². The maximum Gasteiger partial charge on any atom is 0.285 e. The van der Waals surface area contributed by atoms with Crippen molar-refractivity contribution in [1.82, 2.24) is 14.8 Å². The average molecular weight is 379 g/mol. The minimum absolute atomic E-state index is 0.0104. The van der Waals surface area contributed by atoms with E-state index < -0.39 is 11.5 Å². The van der Waals surface area contributed by atoms with Crippen LogP contribution < -0.4 is 10.9 Å². The number of nitriles is 1. The number of carbonyl (C=O) groups is 1. The van der Waals surface area contributed by atoms with Gasteiger partial charge in [0.15, 0.2) is 0 Å². The van der Waals surface area contributed by atoms with Crippen molar-refractivity contribution in [2.24, 2.45) is 0 Å². The molecule has 0 saturated heterocycles. The van der Waals surface area contributed by atoms with Crippen molar-refractivity contribution >= 4 is 22.9 Å². The average Bonchev–Trinajstić information content (AvgIpc) is 3.07. The molecule has 136 valence electrons. The van der Waals surface area contributed by atoms with E-state index in [1.54, 1.807) is 31.3 Å². The van der Waals surface area contributed by atoms with Gasteiger partial charge in [-0.1, -0.05) is 12.1 Å². The lowest BCUT2D eigenvalue weighted by Gasteiger charge is -2.10. The van der Waals surface area contributed by atoms with Gasteiger partial charge in [0.1, 0.15) is 18.2 Å². The molecule has 2 aromatic heterocycles. The smallest absolute Gasteiger partial charge is 0.285 e. The standard InChI is InChI=1S/C19H17N5O2S/c1-11-12(2)23-24(19(26)16(11)8-20)9-18(25)22-15-6-4-5-14(7-15)17-10-27-13(3)21-17/h4-7,10H,9H2,1-3H3,(H,22,25). The highest BCUT2D eigenvalue weighted by atomic mass is 32.1. The summed E-state index contributed by atoms with van der Waals surface area (Å²) in [7, 11) is 0. The summed E-state index contributed by atoms with van der Waals surface area (Å²) in [6.45, 7) is 5.03. The molecule has 1 N–H and O–H groups in total. The summed E-state index contributed by atoms with van der Waals surface area (Å²) in [5.41, 5.74) is 2.86. The number of aromatic nitrogens is 3. The molecule has 27 heavy (non-hydrogen) atoms. The first kappa shape index (κ1) is 18.5. The van der Waals surface area contributed by atoms with E-state index in [1.807, 2.05) is 36.6 Å². The molecule has 3 aromatic rings. The number of rotatable bonds is 4. The molecule has 1 amide bonds. The van der Waals surface area contributed by atoms with Crippen LogP contribution in [0, 0.1) is 32.1 Å².